The van der Waals surface area contributed by atoms with Gasteiger partial charge in [0.25, 0.3) is 0 Å². The van der Waals surface area contributed by atoms with E-state index in [0.717, 1.165) is 27.9 Å². The summed E-state index contributed by atoms with van der Waals surface area (Å²) < 4.78 is 0. The number of hydrogen-bond donors (Lipinski definition) is 4. The number of H-pyrrole nitrogens is 2. The Morgan fingerprint density at radius 1 is 1.15 bits per heavy atom. The predicted octanol–water partition coefficient (Wildman–Crippen LogP) is 3.07. The highest BCUT2D eigenvalue weighted by molar-refractivity contribution is 6.32. The fourth-order valence-corrected chi connectivity index (χ4v) is 3.39. The van der Waals surface area contributed by atoms with E-state index in [1.807, 2.05) is 30.3 Å². The lowest BCUT2D eigenvalue weighted by molar-refractivity contribution is 0.0999. The van der Waals surface area contributed by atoms with Crippen molar-refractivity contribution in [2.24, 2.45) is 5.73 Å². The number of hydrogen-bond acceptors (Lipinski definition) is 4. The third-order valence-electron chi connectivity index (χ3n) is 4.49. The number of carbonyl (C=O) groups is 1. The van der Waals surface area contributed by atoms with Crippen molar-refractivity contribution in [1.29, 1.82) is 0 Å². The number of benzene rings is 2. The van der Waals surface area contributed by atoms with Crippen LogP contribution in [0.4, 0.5) is 5.82 Å². The minimum Gasteiger partial charge on any atom is -0.382 e. The summed E-state index contributed by atoms with van der Waals surface area (Å²) in [6.07, 6.45) is 1.22. The molecule has 0 bridgehead atoms. The number of imidazole rings is 1. The maximum atomic E-state index is 11.5. The van der Waals surface area contributed by atoms with Crippen LogP contribution in [0.1, 0.15) is 21.7 Å². The first kappa shape index (κ1) is 17.1. The molecule has 0 aliphatic carbocycles. The monoisotopic (exact) mass is 380 g/mol. The van der Waals surface area contributed by atoms with Crippen LogP contribution in [0.25, 0.3) is 22.2 Å². The van der Waals surface area contributed by atoms with Crippen LogP contribution in [-0.4, -0.2) is 26.1 Å². The molecule has 0 saturated carbocycles. The first-order valence-corrected chi connectivity index (χ1v) is 8.77. The van der Waals surface area contributed by atoms with E-state index in [1.165, 1.54) is 0 Å². The molecule has 0 fully saturated rings. The summed E-state index contributed by atoms with van der Waals surface area (Å²) in [5, 5.41) is 8.20. The van der Waals surface area contributed by atoms with Crippen LogP contribution < -0.4 is 11.5 Å². The van der Waals surface area contributed by atoms with E-state index in [-0.39, 0.29) is 0 Å². The van der Waals surface area contributed by atoms with Crippen molar-refractivity contribution >= 4 is 34.2 Å². The summed E-state index contributed by atoms with van der Waals surface area (Å²) in [4.78, 5) is 19.3. The van der Waals surface area contributed by atoms with Crippen molar-refractivity contribution in [3.05, 3.63) is 64.6 Å². The highest BCUT2D eigenvalue weighted by atomic mass is 35.5. The second-order valence-corrected chi connectivity index (χ2v) is 6.61. The summed E-state index contributed by atoms with van der Waals surface area (Å²) in [5.74, 6) is 0.757. The molecule has 2 heterocycles. The van der Waals surface area contributed by atoms with Crippen molar-refractivity contribution in [2.45, 2.75) is 12.8 Å². The number of amides is 1. The second-order valence-electron chi connectivity index (χ2n) is 6.24. The number of primary amides is 1. The van der Waals surface area contributed by atoms with Gasteiger partial charge in [0.05, 0.1) is 5.52 Å². The third kappa shape index (κ3) is 3.24. The predicted molar refractivity (Wildman–Crippen MR) is 105 cm³/mol. The highest BCUT2D eigenvalue weighted by Gasteiger charge is 2.14. The zero-order valence-electron chi connectivity index (χ0n) is 14.3. The molecule has 8 heteroatoms. The normalized spacial score (nSPS) is 11.1. The lowest BCUT2D eigenvalue weighted by atomic mass is 10.0. The molecule has 2 aromatic carbocycles. The molecule has 136 valence electrons. The first-order chi connectivity index (χ1) is 13.0. The molecule has 0 aliphatic rings. The third-order valence-corrected chi connectivity index (χ3v) is 4.76. The van der Waals surface area contributed by atoms with E-state index >= 15 is 0 Å². The fraction of sp³-hybridized carbons (Fsp3) is 0.105. The molecule has 2 aromatic heterocycles. The lowest BCUT2D eigenvalue weighted by Crippen LogP contribution is -2.14. The van der Waals surface area contributed by atoms with Gasteiger partial charge in [0.2, 0.25) is 5.91 Å². The van der Waals surface area contributed by atoms with Gasteiger partial charge < -0.3 is 16.5 Å². The van der Waals surface area contributed by atoms with Crippen LogP contribution in [0.2, 0.25) is 5.15 Å². The number of anilines is 1. The Bertz CT molecular complexity index is 1150. The maximum Gasteiger partial charge on any atom is 0.248 e. The van der Waals surface area contributed by atoms with Gasteiger partial charge in [-0.1, -0.05) is 35.9 Å². The summed E-state index contributed by atoms with van der Waals surface area (Å²) in [6.45, 7) is 0. The fourth-order valence-electron chi connectivity index (χ4n) is 3.13. The van der Waals surface area contributed by atoms with E-state index < -0.39 is 5.91 Å². The van der Waals surface area contributed by atoms with Crippen LogP contribution in [0.15, 0.2) is 42.5 Å². The van der Waals surface area contributed by atoms with Crippen LogP contribution >= 0.6 is 11.6 Å². The Morgan fingerprint density at radius 2 is 1.96 bits per heavy atom. The number of nitrogens with zero attached hydrogens (tertiary/aromatic N) is 2. The van der Waals surface area contributed by atoms with Gasteiger partial charge in [-0.2, -0.15) is 5.10 Å². The molecular weight excluding hydrogens is 364 g/mol. The number of aryl methyl sites for hydroxylation is 2. The van der Waals surface area contributed by atoms with Crippen LogP contribution in [0.5, 0.6) is 0 Å². The van der Waals surface area contributed by atoms with Gasteiger partial charge in [0, 0.05) is 22.9 Å². The number of halogens is 1. The molecule has 0 aliphatic heterocycles. The molecule has 0 atom stereocenters. The van der Waals surface area contributed by atoms with Crippen molar-refractivity contribution < 1.29 is 4.79 Å². The molecule has 0 saturated heterocycles. The SMILES string of the molecule is NC(=O)c1ccccc1CCc1nc(-c2ccc3c(N)n[nH]c3c2)c(Cl)[nH]1. The molecule has 27 heavy (non-hydrogen) atoms. The first-order valence-electron chi connectivity index (χ1n) is 8.39. The molecule has 0 unspecified atom stereocenters. The van der Waals surface area contributed by atoms with Crippen molar-refractivity contribution in [3.63, 3.8) is 0 Å². The molecule has 0 radical (unpaired) electrons. The van der Waals surface area contributed by atoms with Crippen LogP contribution in [0.3, 0.4) is 0 Å². The largest absolute Gasteiger partial charge is 0.382 e. The van der Waals surface area contributed by atoms with Gasteiger partial charge in [-0.3, -0.25) is 9.89 Å². The van der Waals surface area contributed by atoms with E-state index in [2.05, 4.69) is 20.2 Å². The van der Waals surface area contributed by atoms with Gasteiger partial charge in [0.1, 0.15) is 16.7 Å². The van der Waals surface area contributed by atoms with Gasteiger partial charge in [0.15, 0.2) is 5.82 Å². The lowest BCUT2D eigenvalue weighted by Gasteiger charge is -2.05. The molecular formula is C19H17ClN6O. The molecule has 1 amide bonds. The summed E-state index contributed by atoms with van der Waals surface area (Å²) in [5.41, 5.74) is 15.0. The Balaban J connectivity index is 1.59. The zero-order valence-corrected chi connectivity index (χ0v) is 15.0. The smallest absolute Gasteiger partial charge is 0.248 e. The van der Waals surface area contributed by atoms with E-state index in [4.69, 9.17) is 23.1 Å². The molecule has 6 N–H and O–H groups in total. The Labute approximate surface area is 159 Å². The van der Waals surface area contributed by atoms with E-state index in [0.29, 0.717) is 35.1 Å². The standard InChI is InChI=1S/C19H17ClN6O/c20-17-16(11-5-7-13-14(9-11)25-26-18(13)21)23-15(24-17)8-6-10-3-1-2-4-12(10)19(22)27/h1-5,7,9H,6,8H2,(H2,22,27)(H,23,24)(H3,21,25,26). The number of aromatic nitrogens is 4. The zero-order chi connectivity index (χ0) is 19.0. The second kappa shape index (κ2) is 6.77. The maximum absolute atomic E-state index is 11.5. The highest BCUT2D eigenvalue weighted by Crippen LogP contribution is 2.29. The van der Waals surface area contributed by atoms with Crippen LogP contribution in [0, 0.1) is 0 Å². The minimum atomic E-state index is -0.434. The summed E-state index contributed by atoms with van der Waals surface area (Å²) in [7, 11) is 0. The van der Waals surface area contributed by atoms with Crippen molar-refractivity contribution in [2.75, 3.05) is 5.73 Å². The molecule has 0 spiro atoms. The number of nitrogens with two attached hydrogens (primary N) is 2. The quantitative estimate of drug-likeness (QED) is 0.424. The topological polar surface area (TPSA) is 126 Å². The number of rotatable bonds is 5. The molecule has 7 nitrogen and oxygen atoms in total. The summed E-state index contributed by atoms with van der Waals surface area (Å²) >= 11 is 6.36. The van der Waals surface area contributed by atoms with Gasteiger partial charge in [-0.15, -0.1) is 0 Å². The molecule has 4 aromatic rings. The van der Waals surface area contributed by atoms with Crippen molar-refractivity contribution in [3.8, 4) is 11.3 Å². The van der Waals surface area contributed by atoms with Crippen molar-refractivity contribution in [1.82, 2.24) is 20.2 Å². The van der Waals surface area contributed by atoms with Gasteiger partial charge in [-0.05, 0) is 30.2 Å². The Hall–Kier alpha value is -3.32. The van der Waals surface area contributed by atoms with Gasteiger partial charge >= 0.3 is 0 Å². The average molecular weight is 381 g/mol. The Morgan fingerprint density at radius 3 is 2.78 bits per heavy atom. The van der Waals surface area contributed by atoms with Crippen LogP contribution in [-0.2, 0) is 12.8 Å². The van der Waals surface area contributed by atoms with E-state index in [9.17, 15) is 4.79 Å². The number of nitrogens with one attached hydrogen (secondary N) is 2. The summed E-state index contributed by atoms with van der Waals surface area (Å²) in [6, 6.07) is 13.0. The minimum absolute atomic E-state index is 0.434. The molecule has 4 rings (SSSR count). The Kier molecular flexibility index (Phi) is 4.29. The number of nitrogen functional groups attached to an aromatic ring is 1. The number of carbonyl (C=O) groups excluding carboxylic acids is 1. The number of aromatic amines is 2. The average Bonchev–Trinajstić information content (AvgIpc) is 3.22. The van der Waals surface area contributed by atoms with Gasteiger partial charge in [-0.25, -0.2) is 4.98 Å². The number of fused-ring (bicyclic) bond motifs is 1. The van der Waals surface area contributed by atoms with E-state index in [1.54, 1.807) is 12.1 Å².